The zero-order valence-electron chi connectivity index (χ0n) is 10.9. The lowest BCUT2D eigenvalue weighted by Gasteiger charge is -2.00. The molecule has 3 heteroatoms. The molecule has 0 N–H and O–H groups in total. The lowest BCUT2D eigenvalue weighted by molar-refractivity contribution is 0.596. The van der Waals surface area contributed by atoms with Crippen LogP contribution < -0.4 is 0 Å². The van der Waals surface area contributed by atoms with Crippen LogP contribution in [-0.2, 0) is 0 Å². The second-order valence-corrected chi connectivity index (χ2v) is 6.74. The smallest absolute Gasteiger partial charge is 0.148 e. The molecule has 1 aromatic heterocycles. The Labute approximate surface area is 140 Å². The summed E-state index contributed by atoms with van der Waals surface area (Å²) < 4.78 is 8.24. The maximum Gasteiger partial charge on any atom is 0.148 e. The Kier molecular flexibility index (Phi) is 3.98. The summed E-state index contributed by atoms with van der Waals surface area (Å²) in [6.07, 6.45) is 0. The monoisotopic (exact) mass is 438 g/mol. The Bertz CT molecular complexity index is 727. The van der Waals surface area contributed by atoms with E-state index in [9.17, 15) is 0 Å². The van der Waals surface area contributed by atoms with Crippen LogP contribution >= 0.6 is 38.5 Å². The van der Waals surface area contributed by atoms with Crippen LogP contribution in [0.2, 0.25) is 0 Å². The standard InChI is InChI=1S/C17H12BrIO/c1-11-2-4-13(5-3-11)17-15(19)10-16(20-17)12-6-8-14(18)9-7-12/h2-10H,1H3. The third-order valence-corrected chi connectivity index (χ3v) is 4.46. The Morgan fingerprint density at radius 1 is 0.900 bits per heavy atom. The molecule has 0 bridgehead atoms. The van der Waals surface area contributed by atoms with Gasteiger partial charge in [0.05, 0.1) is 3.57 Å². The maximum atomic E-state index is 6.04. The first-order valence-corrected chi connectivity index (χ1v) is 8.13. The van der Waals surface area contributed by atoms with Crippen molar-refractivity contribution in [2.24, 2.45) is 0 Å². The minimum Gasteiger partial charge on any atom is -0.455 e. The van der Waals surface area contributed by atoms with Gasteiger partial charge in [-0.25, -0.2) is 0 Å². The normalized spacial score (nSPS) is 10.8. The van der Waals surface area contributed by atoms with E-state index in [1.165, 1.54) is 5.56 Å². The zero-order chi connectivity index (χ0) is 14.1. The van der Waals surface area contributed by atoms with Crippen molar-refractivity contribution in [3.05, 3.63) is 68.2 Å². The molecule has 3 aromatic rings. The van der Waals surface area contributed by atoms with Crippen LogP contribution in [0.1, 0.15) is 5.56 Å². The van der Waals surface area contributed by atoms with E-state index in [0.29, 0.717) is 0 Å². The Balaban J connectivity index is 2.02. The van der Waals surface area contributed by atoms with Crippen LogP contribution in [0.4, 0.5) is 0 Å². The van der Waals surface area contributed by atoms with E-state index < -0.39 is 0 Å². The highest BCUT2D eigenvalue weighted by Crippen LogP contribution is 2.34. The van der Waals surface area contributed by atoms with E-state index >= 15 is 0 Å². The highest BCUT2D eigenvalue weighted by molar-refractivity contribution is 14.1. The van der Waals surface area contributed by atoms with Crippen LogP contribution in [0.15, 0.2) is 63.5 Å². The Morgan fingerprint density at radius 2 is 1.50 bits per heavy atom. The van der Waals surface area contributed by atoms with Crippen molar-refractivity contribution in [1.82, 2.24) is 0 Å². The fourth-order valence-corrected chi connectivity index (χ4v) is 3.00. The average molecular weight is 439 g/mol. The molecule has 0 aliphatic heterocycles. The minimum atomic E-state index is 0.900. The van der Waals surface area contributed by atoms with Crippen LogP contribution in [-0.4, -0.2) is 0 Å². The molecule has 0 unspecified atom stereocenters. The van der Waals surface area contributed by atoms with Gasteiger partial charge in [-0.3, -0.25) is 0 Å². The quantitative estimate of drug-likeness (QED) is 0.428. The van der Waals surface area contributed by atoms with Gasteiger partial charge in [0.25, 0.3) is 0 Å². The molecule has 0 fully saturated rings. The minimum absolute atomic E-state index is 0.900. The molecule has 0 aliphatic carbocycles. The first kappa shape index (κ1) is 13.9. The van der Waals surface area contributed by atoms with E-state index in [1.807, 2.05) is 12.1 Å². The fraction of sp³-hybridized carbons (Fsp3) is 0.0588. The van der Waals surface area contributed by atoms with Crippen LogP contribution in [0.5, 0.6) is 0 Å². The van der Waals surface area contributed by atoms with Crippen molar-refractivity contribution >= 4 is 38.5 Å². The molecule has 0 atom stereocenters. The van der Waals surface area contributed by atoms with E-state index in [4.69, 9.17) is 4.42 Å². The van der Waals surface area contributed by atoms with Crippen molar-refractivity contribution in [1.29, 1.82) is 0 Å². The molecule has 0 amide bonds. The molecule has 0 aliphatic rings. The number of halogens is 2. The molecule has 100 valence electrons. The van der Waals surface area contributed by atoms with Gasteiger partial charge in [-0.1, -0.05) is 57.9 Å². The van der Waals surface area contributed by atoms with Gasteiger partial charge in [-0.05, 0) is 47.7 Å². The van der Waals surface area contributed by atoms with Gasteiger partial charge in [-0.2, -0.15) is 0 Å². The van der Waals surface area contributed by atoms with Crippen molar-refractivity contribution in [3.63, 3.8) is 0 Å². The third kappa shape index (κ3) is 2.83. The van der Waals surface area contributed by atoms with E-state index in [0.717, 1.165) is 30.7 Å². The van der Waals surface area contributed by atoms with Gasteiger partial charge in [-0.15, -0.1) is 0 Å². The lowest BCUT2D eigenvalue weighted by Crippen LogP contribution is -1.77. The number of hydrogen-bond donors (Lipinski definition) is 0. The SMILES string of the molecule is Cc1ccc(-c2oc(-c3ccc(Br)cc3)cc2I)cc1. The average Bonchev–Trinajstić information content (AvgIpc) is 2.82. The van der Waals surface area contributed by atoms with E-state index in [-0.39, 0.29) is 0 Å². The molecule has 2 aromatic carbocycles. The highest BCUT2D eigenvalue weighted by Gasteiger charge is 2.12. The van der Waals surface area contributed by atoms with Crippen LogP contribution in [0.25, 0.3) is 22.6 Å². The van der Waals surface area contributed by atoms with E-state index in [1.54, 1.807) is 0 Å². The summed E-state index contributed by atoms with van der Waals surface area (Å²) in [5.41, 5.74) is 3.45. The summed E-state index contributed by atoms with van der Waals surface area (Å²) in [6, 6.07) is 18.6. The fourth-order valence-electron chi connectivity index (χ4n) is 2.03. The summed E-state index contributed by atoms with van der Waals surface area (Å²) in [5.74, 6) is 1.83. The number of benzene rings is 2. The lowest BCUT2D eigenvalue weighted by atomic mass is 10.1. The molecule has 0 saturated carbocycles. The second kappa shape index (κ2) is 5.74. The maximum absolute atomic E-state index is 6.04. The Morgan fingerprint density at radius 3 is 2.15 bits per heavy atom. The molecule has 1 heterocycles. The van der Waals surface area contributed by atoms with Crippen LogP contribution in [0.3, 0.4) is 0 Å². The number of furan rings is 1. The molecule has 20 heavy (non-hydrogen) atoms. The van der Waals surface area contributed by atoms with E-state index in [2.05, 4.69) is 87.9 Å². The van der Waals surface area contributed by atoms with Gasteiger partial charge < -0.3 is 4.42 Å². The molecular formula is C17H12BrIO. The van der Waals surface area contributed by atoms with Crippen molar-refractivity contribution in [2.75, 3.05) is 0 Å². The molecule has 0 radical (unpaired) electrons. The van der Waals surface area contributed by atoms with Gasteiger partial charge in [0, 0.05) is 15.6 Å². The molecule has 0 spiro atoms. The zero-order valence-corrected chi connectivity index (χ0v) is 14.6. The first-order valence-electron chi connectivity index (χ1n) is 6.26. The largest absolute Gasteiger partial charge is 0.455 e. The number of aryl methyl sites for hydroxylation is 1. The van der Waals surface area contributed by atoms with Gasteiger partial charge in [0.2, 0.25) is 0 Å². The second-order valence-electron chi connectivity index (χ2n) is 4.66. The first-order chi connectivity index (χ1) is 9.63. The summed E-state index contributed by atoms with van der Waals surface area (Å²) in [6.45, 7) is 2.09. The number of hydrogen-bond acceptors (Lipinski definition) is 1. The highest BCUT2D eigenvalue weighted by atomic mass is 127. The van der Waals surface area contributed by atoms with Crippen LogP contribution in [0, 0.1) is 10.5 Å². The number of rotatable bonds is 2. The van der Waals surface area contributed by atoms with Gasteiger partial charge in [0.1, 0.15) is 11.5 Å². The third-order valence-electron chi connectivity index (χ3n) is 3.13. The van der Waals surface area contributed by atoms with Crippen molar-refractivity contribution in [2.45, 2.75) is 6.92 Å². The molecular weight excluding hydrogens is 427 g/mol. The predicted octanol–water partition coefficient (Wildman–Crippen LogP) is 6.29. The van der Waals surface area contributed by atoms with Crippen molar-refractivity contribution in [3.8, 4) is 22.6 Å². The molecule has 1 nitrogen and oxygen atoms in total. The van der Waals surface area contributed by atoms with Gasteiger partial charge in [0.15, 0.2) is 0 Å². The van der Waals surface area contributed by atoms with Gasteiger partial charge >= 0.3 is 0 Å². The van der Waals surface area contributed by atoms with Crippen molar-refractivity contribution < 1.29 is 4.42 Å². The molecule has 3 rings (SSSR count). The summed E-state index contributed by atoms with van der Waals surface area (Å²) in [4.78, 5) is 0. The molecule has 0 saturated heterocycles. The Hall–Kier alpha value is -1.07. The topological polar surface area (TPSA) is 13.1 Å². The summed E-state index contributed by atoms with van der Waals surface area (Å²) >= 11 is 5.77. The predicted molar refractivity (Wildman–Crippen MR) is 94.7 cm³/mol. The summed E-state index contributed by atoms with van der Waals surface area (Å²) in [7, 11) is 0. The summed E-state index contributed by atoms with van der Waals surface area (Å²) in [5, 5.41) is 0.